The Kier molecular flexibility index (Phi) is 5.23. The molecule has 1 atom stereocenters. The van der Waals surface area contributed by atoms with Gasteiger partial charge < -0.3 is 19.8 Å². The lowest BCUT2D eigenvalue weighted by Crippen LogP contribution is -2.43. The number of aromatic nitrogens is 2. The van der Waals surface area contributed by atoms with Crippen LogP contribution in [-0.2, 0) is 16.9 Å². The number of rotatable bonds is 6. The minimum Gasteiger partial charge on any atom is -0.375 e. The van der Waals surface area contributed by atoms with Crippen LogP contribution < -0.4 is 10.2 Å². The minimum absolute atomic E-state index is 0.0303. The molecule has 0 aliphatic carbocycles. The van der Waals surface area contributed by atoms with Gasteiger partial charge in [0, 0.05) is 19.1 Å². The first-order chi connectivity index (χ1) is 10.9. The zero-order chi connectivity index (χ0) is 17.0. The van der Waals surface area contributed by atoms with E-state index >= 15 is 0 Å². The predicted molar refractivity (Wildman–Crippen MR) is 86.1 cm³/mol. The molecule has 0 aliphatic heterocycles. The highest BCUT2D eigenvalue weighted by molar-refractivity contribution is 6.30. The molecule has 1 aromatic carbocycles. The van der Waals surface area contributed by atoms with E-state index in [4.69, 9.17) is 16.1 Å². The quantitative estimate of drug-likeness (QED) is 0.833. The topological polar surface area (TPSA) is 91.5 Å². The van der Waals surface area contributed by atoms with Crippen LogP contribution in [0.15, 0.2) is 28.8 Å². The molecule has 2 N–H and O–H groups in total. The number of hydrogen-bond donors (Lipinski definition) is 2. The molecule has 0 radical (unpaired) electrons. The number of amides is 1. The monoisotopic (exact) mass is 338 g/mol. The van der Waals surface area contributed by atoms with Crippen molar-refractivity contribution < 1.29 is 14.4 Å². The zero-order valence-corrected chi connectivity index (χ0v) is 14.0. The third kappa shape index (κ3) is 3.80. The fraction of sp³-hybridized carbons (Fsp3) is 0.400. The van der Waals surface area contributed by atoms with E-state index < -0.39 is 11.5 Å². The third-order valence-corrected chi connectivity index (χ3v) is 3.68. The molecule has 2 rings (SSSR count). The summed E-state index contributed by atoms with van der Waals surface area (Å²) >= 11 is 5.94. The van der Waals surface area contributed by atoms with Gasteiger partial charge in [-0.3, -0.25) is 4.79 Å². The normalized spacial score (nSPS) is 13.4. The molecule has 0 unspecified atom stereocenters. The number of carbonyl (C=O) groups is 1. The maximum absolute atomic E-state index is 12.4. The molecule has 23 heavy (non-hydrogen) atoms. The molecular formula is C15H19ClN4O3. The lowest BCUT2D eigenvalue weighted by atomic mass is 9.90. The average Bonchev–Trinajstić information content (AvgIpc) is 3.01. The van der Waals surface area contributed by atoms with E-state index in [1.807, 2.05) is 0 Å². The Morgan fingerprint density at radius 1 is 1.48 bits per heavy atom. The van der Waals surface area contributed by atoms with Crippen molar-refractivity contribution in [3.63, 3.8) is 0 Å². The Morgan fingerprint density at radius 2 is 2.22 bits per heavy atom. The van der Waals surface area contributed by atoms with E-state index in [1.54, 1.807) is 50.2 Å². The minimum atomic E-state index is -1.67. The van der Waals surface area contributed by atoms with Crippen LogP contribution in [0.4, 0.5) is 5.95 Å². The van der Waals surface area contributed by atoms with Crippen LogP contribution in [0.2, 0.25) is 5.02 Å². The number of carbonyl (C=O) groups excluding carboxylic acids is 1. The summed E-state index contributed by atoms with van der Waals surface area (Å²) in [6.45, 7) is 1.75. The summed E-state index contributed by atoms with van der Waals surface area (Å²) < 4.78 is 5.03. The van der Waals surface area contributed by atoms with Gasteiger partial charge in [-0.2, -0.15) is 4.98 Å². The van der Waals surface area contributed by atoms with E-state index in [2.05, 4.69) is 15.5 Å². The Bertz CT molecular complexity index is 689. The van der Waals surface area contributed by atoms with Crippen LogP contribution in [0.25, 0.3) is 0 Å². The summed E-state index contributed by atoms with van der Waals surface area (Å²) in [4.78, 5) is 18.2. The van der Waals surface area contributed by atoms with E-state index in [1.165, 1.54) is 0 Å². The molecule has 0 aliphatic rings. The highest BCUT2D eigenvalue weighted by Crippen LogP contribution is 2.27. The van der Waals surface area contributed by atoms with Crippen LogP contribution in [-0.4, -0.2) is 35.2 Å². The largest absolute Gasteiger partial charge is 0.375 e. The maximum atomic E-state index is 12.4. The van der Waals surface area contributed by atoms with Gasteiger partial charge in [-0.1, -0.05) is 30.7 Å². The third-order valence-electron chi connectivity index (χ3n) is 3.45. The molecule has 0 saturated carbocycles. The van der Waals surface area contributed by atoms with Crippen molar-refractivity contribution in [2.24, 2.45) is 0 Å². The van der Waals surface area contributed by atoms with Crippen molar-refractivity contribution in [1.29, 1.82) is 0 Å². The Morgan fingerprint density at radius 3 is 2.78 bits per heavy atom. The molecule has 8 heteroatoms. The van der Waals surface area contributed by atoms with Gasteiger partial charge in [-0.25, -0.2) is 0 Å². The van der Waals surface area contributed by atoms with Gasteiger partial charge in [0.1, 0.15) is 0 Å². The molecule has 7 nitrogen and oxygen atoms in total. The first-order valence-corrected chi connectivity index (χ1v) is 7.51. The second kappa shape index (κ2) is 6.97. The number of anilines is 1. The van der Waals surface area contributed by atoms with E-state index in [0.717, 1.165) is 0 Å². The first-order valence-electron chi connectivity index (χ1n) is 7.13. The Labute approximate surface area is 139 Å². The van der Waals surface area contributed by atoms with Gasteiger partial charge in [-0.15, -0.1) is 0 Å². The summed E-state index contributed by atoms with van der Waals surface area (Å²) in [6, 6.07) is 6.60. The molecule has 1 amide bonds. The molecular weight excluding hydrogens is 320 g/mol. The van der Waals surface area contributed by atoms with Gasteiger partial charge in [0.15, 0.2) is 5.60 Å². The number of aliphatic hydroxyl groups is 1. The highest BCUT2D eigenvalue weighted by Gasteiger charge is 2.36. The summed E-state index contributed by atoms with van der Waals surface area (Å²) in [7, 11) is 3.56. The van der Waals surface area contributed by atoms with Crippen molar-refractivity contribution in [3.8, 4) is 0 Å². The molecule has 0 fully saturated rings. The van der Waals surface area contributed by atoms with Crippen LogP contribution in [0.5, 0.6) is 0 Å². The van der Waals surface area contributed by atoms with Gasteiger partial charge in [-0.05, 0) is 29.3 Å². The second-order valence-corrected chi connectivity index (χ2v) is 5.73. The maximum Gasteiger partial charge on any atom is 0.265 e. The Hall–Kier alpha value is -2.12. The average molecular weight is 339 g/mol. The summed E-state index contributed by atoms with van der Waals surface area (Å²) in [5.74, 6) is 0.119. The zero-order valence-electron chi connectivity index (χ0n) is 13.2. The number of nitrogens with zero attached hydrogens (tertiary/aromatic N) is 3. The van der Waals surface area contributed by atoms with Crippen LogP contribution in [0.1, 0.15) is 24.8 Å². The molecule has 0 saturated heterocycles. The smallest absolute Gasteiger partial charge is 0.265 e. The van der Waals surface area contributed by atoms with Crippen molar-refractivity contribution in [1.82, 2.24) is 15.5 Å². The fourth-order valence-corrected chi connectivity index (χ4v) is 2.23. The standard InChI is InChI=1S/C15H19ClN4O3/c1-4-15(22,10-6-5-7-11(16)8-10)13(21)17-9-12-18-14(19-23-12)20(2)3/h5-8,22H,4,9H2,1-3H3,(H,17,21)/t15-/m0/s1. The summed E-state index contributed by atoms with van der Waals surface area (Å²) in [6.07, 6.45) is 0.200. The molecule has 2 aromatic rings. The van der Waals surface area contributed by atoms with Gasteiger partial charge in [0.05, 0.1) is 6.54 Å². The number of halogens is 1. The van der Waals surface area contributed by atoms with Gasteiger partial charge in [0.2, 0.25) is 5.89 Å². The fourth-order valence-electron chi connectivity index (χ4n) is 2.04. The van der Waals surface area contributed by atoms with E-state index in [-0.39, 0.29) is 18.9 Å². The van der Waals surface area contributed by atoms with Crippen LogP contribution in [0, 0.1) is 0 Å². The van der Waals surface area contributed by atoms with Crippen LogP contribution >= 0.6 is 11.6 Å². The van der Waals surface area contributed by atoms with Crippen molar-refractivity contribution in [2.75, 3.05) is 19.0 Å². The lowest BCUT2D eigenvalue weighted by molar-refractivity contribution is -0.141. The first kappa shape index (κ1) is 17.2. The molecule has 124 valence electrons. The number of benzene rings is 1. The van der Waals surface area contributed by atoms with Gasteiger partial charge in [0.25, 0.3) is 11.9 Å². The van der Waals surface area contributed by atoms with E-state index in [0.29, 0.717) is 16.5 Å². The van der Waals surface area contributed by atoms with Crippen molar-refractivity contribution in [3.05, 3.63) is 40.7 Å². The molecule has 0 bridgehead atoms. The van der Waals surface area contributed by atoms with Crippen molar-refractivity contribution in [2.45, 2.75) is 25.5 Å². The molecule has 1 heterocycles. The number of nitrogens with one attached hydrogen (secondary N) is 1. The van der Waals surface area contributed by atoms with Crippen LogP contribution in [0.3, 0.4) is 0 Å². The molecule has 0 spiro atoms. The predicted octanol–water partition coefficient (Wildman–Crippen LogP) is 1.70. The molecule has 1 aromatic heterocycles. The Balaban J connectivity index is 2.10. The number of hydrogen-bond acceptors (Lipinski definition) is 6. The van der Waals surface area contributed by atoms with Gasteiger partial charge >= 0.3 is 0 Å². The lowest BCUT2D eigenvalue weighted by Gasteiger charge is -2.26. The van der Waals surface area contributed by atoms with Crippen molar-refractivity contribution >= 4 is 23.5 Å². The summed E-state index contributed by atoms with van der Waals surface area (Å²) in [5.41, 5.74) is -1.24. The second-order valence-electron chi connectivity index (χ2n) is 5.29. The highest BCUT2D eigenvalue weighted by atomic mass is 35.5. The SMILES string of the molecule is CC[C@@](O)(C(=O)NCc1nc(N(C)C)no1)c1cccc(Cl)c1. The summed E-state index contributed by atoms with van der Waals surface area (Å²) in [5, 5.41) is 17.5. The van der Waals surface area contributed by atoms with E-state index in [9.17, 15) is 9.90 Å².